The van der Waals surface area contributed by atoms with Crippen molar-refractivity contribution in [1.29, 1.82) is 0 Å². The van der Waals surface area contributed by atoms with Gasteiger partial charge in [0, 0.05) is 55.6 Å². The lowest BCUT2D eigenvalue weighted by Gasteiger charge is -2.63. The van der Waals surface area contributed by atoms with E-state index in [2.05, 4.69) is 22.5 Å². The van der Waals surface area contributed by atoms with E-state index in [1.807, 2.05) is 0 Å². The monoisotopic (exact) mass is 402 g/mol. The molecule has 0 bridgehead atoms. The van der Waals surface area contributed by atoms with Crippen molar-refractivity contribution in [3.63, 3.8) is 0 Å². The number of carbonyl (C=O) groups is 1. The minimum Gasteiger partial charge on any atom is -0.377 e. The van der Waals surface area contributed by atoms with Gasteiger partial charge >= 0.3 is 0 Å². The van der Waals surface area contributed by atoms with E-state index in [9.17, 15) is 4.79 Å². The Hall–Kier alpha value is -1.30. The molecule has 0 radical (unpaired) electrons. The zero-order valence-electron chi connectivity index (χ0n) is 18.0. The largest absolute Gasteiger partial charge is 0.377 e. The van der Waals surface area contributed by atoms with Gasteiger partial charge in [0.05, 0.1) is 6.10 Å². The van der Waals surface area contributed by atoms with Crippen LogP contribution >= 0.6 is 0 Å². The van der Waals surface area contributed by atoms with Crippen molar-refractivity contribution in [3.05, 3.63) is 0 Å². The SMILES string of the molecule is CCN=C(NC1CCN(C(=O)C2CCCCC2)C1)NC1C2CCOC2C12CCC2. The Kier molecular flexibility index (Phi) is 5.48. The van der Waals surface area contributed by atoms with Crippen molar-refractivity contribution in [2.75, 3.05) is 26.2 Å². The number of rotatable bonds is 4. The second-order valence-corrected chi connectivity index (χ2v) is 10.0. The molecule has 5 rings (SSSR count). The lowest BCUT2D eigenvalue weighted by atomic mass is 9.46. The van der Waals surface area contributed by atoms with Crippen LogP contribution in [0, 0.1) is 17.3 Å². The molecule has 2 heterocycles. The Morgan fingerprint density at radius 3 is 2.66 bits per heavy atom. The first-order valence-electron chi connectivity index (χ1n) is 12.2. The Balaban J connectivity index is 1.17. The van der Waals surface area contributed by atoms with Gasteiger partial charge in [-0.3, -0.25) is 9.79 Å². The summed E-state index contributed by atoms with van der Waals surface area (Å²) in [5.41, 5.74) is 0.357. The normalized spacial score (nSPS) is 36.4. The van der Waals surface area contributed by atoms with Gasteiger partial charge in [0.25, 0.3) is 0 Å². The molecule has 0 aromatic rings. The Labute approximate surface area is 175 Å². The average Bonchev–Trinajstić information content (AvgIpc) is 3.33. The maximum absolute atomic E-state index is 12.9. The van der Waals surface area contributed by atoms with Gasteiger partial charge in [-0.25, -0.2) is 0 Å². The number of likely N-dealkylation sites (tertiary alicyclic amines) is 1. The first-order valence-corrected chi connectivity index (χ1v) is 12.2. The molecule has 162 valence electrons. The van der Waals surface area contributed by atoms with E-state index >= 15 is 0 Å². The number of amides is 1. The Bertz CT molecular complexity index is 641. The van der Waals surface area contributed by atoms with Crippen LogP contribution in [0.4, 0.5) is 0 Å². The van der Waals surface area contributed by atoms with E-state index in [-0.39, 0.29) is 5.92 Å². The van der Waals surface area contributed by atoms with Crippen LogP contribution in [-0.2, 0) is 9.53 Å². The van der Waals surface area contributed by atoms with Gasteiger partial charge < -0.3 is 20.3 Å². The molecule has 2 N–H and O–H groups in total. The van der Waals surface area contributed by atoms with Crippen LogP contribution in [0.1, 0.15) is 71.1 Å². The number of guanidine groups is 1. The Morgan fingerprint density at radius 1 is 1.10 bits per heavy atom. The highest BCUT2D eigenvalue weighted by molar-refractivity contribution is 5.82. The molecule has 0 aromatic carbocycles. The smallest absolute Gasteiger partial charge is 0.225 e. The first-order chi connectivity index (χ1) is 14.2. The third kappa shape index (κ3) is 3.45. The van der Waals surface area contributed by atoms with Crippen LogP contribution in [-0.4, -0.2) is 61.2 Å². The third-order valence-corrected chi connectivity index (χ3v) is 8.44. The zero-order valence-corrected chi connectivity index (χ0v) is 18.0. The van der Waals surface area contributed by atoms with Crippen LogP contribution in [0.15, 0.2) is 4.99 Å². The lowest BCUT2D eigenvalue weighted by molar-refractivity contribution is -0.171. The van der Waals surface area contributed by atoms with E-state index in [1.54, 1.807) is 0 Å². The van der Waals surface area contributed by atoms with Crippen LogP contribution in [0.3, 0.4) is 0 Å². The van der Waals surface area contributed by atoms with Gasteiger partial charge in [0.15, 0.2) is 5.96 Å². The van der Waals surface area contributed by atoms with Crippen molar-refractivity contribution in [3.8, 4) is 0 Å². The van der Waals surface area contributed by atoms with E-state index in [1.165, 1.54) is 44.9 Å². The van der Waals surface area contributed by atoms with Gasteiger partial charge in [-0.15, -0.1) is 0 Å². The molecule has 5 fully saturated rings. The summed E-state index contributed by atoms with van der Waals surface area (Å²) in [5.74, 6) is 2.27. The van der Waals surface area contributed by atoms with E-state index in [4.69, 9.17) is 9.73 Å². The average molecular weight is 403 g/mol. The molecule has 29 heavy (non-hydrogen) atoms. The highest BCUT2D eigenvalue weighted by Gasteiger charge is 2.66. The molecule has 5 aliphatic rings. The minimum atomic E-state index is 0.275. The molecule has 3 saturated carbocycles. The lowest BCUT2D eigenvalue weighted by Crippen LogP contribution is -2.72. The number of nitrogens with zero attached hydrogens (tertiary/aromatic N) is 2. The van der Waals surface area contributed by atoms with Crippen LogP contribution in [0.2, 0.25) is 0 Å². The molecule has 3 aliphatic carbocycles. The van der Waals surface area contributed by atoms with Crippen LogP contribution in [0.5, 0.6) is 0 Å². The van der Waals surface area contributed by atoms with Crippen LogP contribution in [0.25, 0.3) is 0 Å². The molecule has 1 spiro atoms. The maximum Gasteiger partial charge on any atom is 0.225 e. The van der Waals surface area contributed by atoms with Gasteiger partial charge in [-0.05, 0) is 45.4 Å². The fourth-order valence-electron chi connectivity index (χ4n) is 6.77. The molecule has 6 heteroatoms. The number of ether oxygens (including phenoxy) is 1. The fourth-order valence-corrected chi connectivity index (χ4v) is 6.77. The molecule has 1 amide bonds. The summed E-state index contributed by atoms with van der Waals surface area (Å²) in [7, 11) is 0. The number of fused-ring (bicyclic) bond motifs is 2. The summed E-state index contributed by atoms with van der Waals surface area (Å²) < 4.78 is 6.07. The topological polar surface area (TPSA) is 66.0 Å². The van der Waals surface area contributed by atoms with Gasteiger partial charge in [0.1, 0.15) is 0 Å². The molecule has 0 aromatic heterocycles. The minimum absolute atomic E-state index is 0.275. The van der Waals surface area contributed by atoms with Crippen molar-refractivity contribution in [1.82, 2.24) is 15.5 Å². The summed E-state index contributed by atoms with van der Waals surface area (Å²) in [5, 5.41) is 7.48. The van der Waals surface area contributed by atoms with Crippen molar-refractivity contribution < 1.29 is 9.53 Å². The number of hydrogen-bond donors (Lipinski definition) is 2. The summed E-state index contributed by atoms with van der Waals surface area (Å²) in [6, 6.07) is 0.816. The number of carbonyl (C=O) groups excluding carboxylic acids is 1. The second-order valence-electron chi connectivity index (χ2n) is 10.0. The summed E-state index contributed by atoms with van der Waals surface area (Å²) in [6.07, 6.45) is 12.5. The van der Waals surface area contributed by atoms with Gasteiger partial charge in [0.2, 0.25) is 5.91 Å². The van der Waals surface area contributed by atoms with Gasteiger partial charge in [-0.2, -0.15) is 0 Å². The second kappa shape index (κ2) is 8.09. The predicted molar refractivity (Wildman–Crippen MR) is 114 cm³/mol. The van der Waals surface area contributed by atoms with Crippen molar-refractivity contribution >= 4 is 11.9 Å². The van der Waals surface area contributed by atoms with Crippen LogP contribution < -0.4 is 10.6 Å². The summed E-state index contributed by atoms with van der Waals surface area (Å²) in [4.78, 5) is 19.7. The Morgan fingerprint density at radius 2 is 1.93 bits per heavy atom. The van der Waals surface area contributed by atoms with Crippen molar-refractivity contribution in [2.45, 2.75) is 89.3 Å². The molecule has 2 aliphatic heterocycles. The first kappa shape index (κ1) is 19.7. The highest BCUT2D eigenvalue weighted by atomic mass is 16.5. The number of nitrogens with one attached hydrogen (secondary N) is 2. The molecule has 2 saturated heterocycles. The zero-order chi connectivity index (χ0) is 19.8. The number of aliphatic imine (C=N–C) groups is 1. The quantitative estimate of drug-likeness (QED) is 0.560. The summed E-state index contributed by atoms with van der Waals surface area (Å²) >= 11 is 0. The van der Waals surface area contributed by atoms with E-state index in [0.29, 0.717) is 35.4 Å². The highest BCUT2D eigenvalue weighted by Crippen LogP contribution is 2.62. The molecule has 4 atom stereocenters. The standard InChI is InChI=1S/C23H38N4O2/c1-2-24-22(26-19-18-10-14-29-20(18)23(19)11-6-12-23)25-17-9-13-27(15-17)21(28)16-7-4-3-5-8-16/h16-20H,2-15H2,1H3,(H2,24,25,26). The maximum atomic E-state index is 12.9. The third-order valence-electron chi connectivity index (χ3n) is 8.44. The van der Waals surface area contributed by atoms with Crippen molar-refractivity contribution in [2.24, 2.45) is 22.2 Å². The predicted octanol–water partition coefficient (Wildman–Crippen LogP) is 2.68. The molecular weight excluding hydrogens is 364 g/mol. The van der Waals surface area contributed by atoms with E-state index < -0.39 is 0 Å². The number of hydrogen-bond acceptors (Lipinski definition) is 3. The fraction of sp³-hybridized carbons (Fsp3) is 0.913. The molecular formula is C23H38N4O2. The van der Waals surface area contributed by atoms with Gasteiger partial charge in [-0.1, -0.05) is 25.7 Å². The summed E-state index contributed by atoms with van der Waals surface area (Å²) in [6.45, 7) is 5.50. The van der Waals surface area contributed by atoms with E-state index in [0.717, 1.165) is 51.5 Å². The molecule has 4 unspecified atom stereocenters. The molecule has 6 nitrogen and oxygen atoms in total.